The quantitative estimate of drug-likeness (QED) is 0.814. The zero-order valence-electron chi connectivity index (χ0n) is 11.7. The largest absolute Gasteiger partial charge is 0.347 e. The monoisotopic (exact) mass is 260 g/mol. The van der Waals surface area contributed by atoms with E-state index in [1.165, 1.54) is 4.90 Å². The Morgan fingerprint density at radius 3 is 2.63 bits per heavy atom. The minimum absolute atomic E-state index is 0.0349. The molecule has 1 unspecified atom stereocenters. The Bertz CT molecular complexity index is 497. The fraction of sp³-hybridized carbons (Fsp3) is 0.467. The summed E-state index contributed by atoms with van der Waals surface area (Å²) in [5.74, 6) is -0.0160. The highest BCUT2D eigenvalue weighted by molar-refractivity contribution is 6.01. The molecule has 4 nitrogen and oxygen atoms in total. The number of likely N-dealkylation sites (N-methyl/N-ethyl adjacent to an activating group) is 1. The predicted octanol–water partition coefficient (Wildman–Crippen LogP) is 1.83. The summed E-state index contributed by atoms with van der Waals surface area (Å²) in [5.41, 5.74) is 2.03. The van der Waals surface area contributed by atoms with Crippen molar-refractivity contribution in [3.05, 3.63) is 29.8 Å². The zero-order chi connectivity index (χ0) is 14.0. The SMILES string of the molecule is CC(C(=O)N(C)C)N1C(=O)CCCc2ccccc21. The highest BCUT2D eigenvalue weighted by Crippen LogP contribution is 2.28. The lowest BCUT2D eigenvalue weighted by Gasteiger charge is -2.30. The van der Waals surface area contributed by atoms with Crippen molar-refractivity contribution in [3.8, 4) is 0 Å². The van der Waals surface area contributed by atoms with Crippen molar-refractivity contribution in [2.24, 2.45) is 0 Å². The van der Waals surface area contributed by atoms with Gasteiger partial charge < -0.3 is 4.90 Å². The molecule has 1 aromatic rings. The molecule has 0 bridgehead atoms. The fourth-order valence-corrected chi connectivity index (χ4v) is 2.55. The predicted molar refractivity (Wildman–Crippen MR) is 75.0 cm³/mol. The molecule has 0 N–H and O–H groups in total. The Balaban J connectivity index is 2.41. The molecule has 0 fully saturated rings. The minimum Gasteiger partial charge on any atom is -0.347 e. The molecule has 0 aromatic heterocycles. The maximum absolute atomic E-state index is 12.3. The number of rotatable bonds is 2. The van der Waals surface area contributed by atoms with Gasteiger partial charge in [-0.2, -0.15) is 0 Å². The van der Waals surface area contributed by atoms with Gasteiger partial charge in [-0.3, -0.25) is 14.5 Å². The van der Waals surface area contributed by atoms with Crippen LogP contribution in [0.1, 0.15) is 25.3 Å². The third-order valence-electron chi connectivity index (χ3n) is 3.54. The summed E-state index contributed by atoms with van der Waals surface area (Å²) in [4.78, 5) is 27.6. The first kappa shape index (κ1) is 13.6. The summed E-state index contributed by atoms with van der Waals surface area (Å²) in [6.45, 7) is 1.79. The number of hydrogen-bond acceptors (Lipinski definition) is 2. The number of carbonyl (C=O) groups excluding carboxylic acids is 2. The van der Waals surface area contributed by atoms with E-state index in [1.807, 2.05) is 24.3 Å². The molecule has 1 atom stereocenters. The highest BCUT2D eigenvalue weighted by Gasteiger charge is 2.30. The highest BCUT2D eigenvalue weighted by atomic mass is 16.2. The van der Waals surface area contributed by atoms with E-state index in [0.29, 0.717) is 6.42 Å². The van der Waals surface area contributed by atoms with Crippen LogP contribution in [0.4, 0.5) is 5.69 Å². The summed E-state index contributed by atoms with van der Waals surface area (Å²) in [6, 6.07) is 7.40. The number of para-hydroxylation sites is 1. The summed E-state index contributed by atoms with van der Waals surface area (Å²) < 4.78 is 0. The van der Waals surface area contributed by atoms with Crippen LogP contribution in [0.3, 0.4) is 0 Å². The summed E-state index contributed by atoms with van der Waals surface area (Å²) in [6.07, 6.45) is 2.23. The number of aryl methyl sites for hydroxylation is 1. The number of nitrogens with zero attached hydrogens (tertiary/aromatic N) is 2. The second kappa shape index (κ2) is 5.43. The van der Waals surface area contributed by atoms with Crippen LogP contribution >= 0.6 is 0 Å². The molecule has 0 spiro atoms. The number of hydrogen-bond donors (Lipinski definition) is 0. The Hall–Kier alpha value is -1.84. The second-order valence-corrected chi connectivity index (χ2v) is 5.15. The second-order valence-electron chi connectivity index (χ2n) is 5.15. The molecule has 1 aromatic carbocycles. The Morgan fingerprint density at radius 1 is 1.26 bits per heavy atom. The molecule has 0 radical (unpaired) electrons. The Labute approximate surface area is 114 Å². The van der Waals surface area contributed by atoms with Gasteiger partial charge in [-0.05, 0) is 31.4 Å². The van der Waals surface area contributed by atoms with Gasteiger partial charge in [0.1, 0.15) is 6.04 Å². The number of amides is 2. The molecule has 0 saturated heterocycles. The third-order valence-corrected chi connectivity index (χ3v) is 3.54. The maximum Gasteiger partial charge on any atom is 0.244 e. The molecule has 1 aliphatic heterocycles. The van der Waals surface area contributed by atoms with Crippen LogP contribution in [0, 0.1) is 0 Å². The van der Waals surface area contributed by atoms with E-state index in [-0.39, 0.29) is 11.8 Å². The standard InChI is InChI=1S/C15H20N2O2/c1-11(15(19)16(2)3)17-13-9-5-4-7-12(13)8-6-10-14(17)18/h4-5,7,9,11H,6,8,10H2,1-3H3. The molecule has 19 heavy (non-hydrogen) atoms. The number of carbonyl (C=O) groups is 2. The first-order valence-corrected chi connectivity index (χ1v) is 6.63. The van der Waals surface area contributed by atoms with Gasteiger partial charge in [-0.1, -0.05) is 18.2 Å². The summed E-state index contributed by atoms with van der Waals surface area (Å²) in [5, 5.41) is 0. The van der Waals surface area contributed by atoms with Crippen LogP contribution in [0.2, 0.25) is 0 Å². The van der Waals surface area contributed by atoms with Gasteiger partial charge in [0, 0.05) is 26.2 Å². The number of fused-ring (bicyclic) bond motifs is 1. The molecule has 0 saturated carbocycles. The van der Waals surface area contributed by atoms with Crippen molar-refractivity contribution >= 4 is 17.5 Å². The van der Waals surface area contributed by atoms with Gasteiger partial charge in [0.15, 0.2) is 0 Å². The van der Waals surface area contributed by atoms with Gasteiger partial charge in [0.2, 0.25) is 11.8 Å². The van der Waals surface area contributed by atoms with E-state index in [1.54, 1.807) is 25.9 Å². The van der Waals surface area contributed by atoms with Gasteiger partial charge >= 0.3 is 0 Å². The first-order valence-electron chi connectivity index (χ1n) is 6.63. The van der Waals surface area contributed by atoms with E-state index < -0.39 is 6.04 Å². The molecule has 102 valence electrons. The van der Waals surface area contributed by atoms with Gasteiger partial charge in [0.05, 0.1) is 0 Å². The normalized spacial score (nSPS) is 16.6. The molecule has 1 heterocycles. The number of anilines is 1. The van der Waals surface area contributed by atoms with Crippen molar-refractivity contribution < 1.29 is 9.59 Å². The molecular weight excluding hydrogens is 240 g/mol. The van der Waals surface area contributed by atoms with Crippen LogP contribution in [0.25, 0.3) is 0 Å². The lowest BCUT2D eigenvalue weighted by atomic mass is 10.1. The Morgan fingerprint density at radius 2 is 1.95 bits per heavy atom. The number of benzene rings is 1. The lowest BCUT2D eigenvalue weighted by molar-refractivity contribution is -0.132. The van der Waals surface area contributed by atoms with Crippen molar-refractivity contribution in [1.82, 2.24) is 4.90 Å². The Kier molecular flexibility index (Phi) is 3.88. The average Bonchev–Trinajstić information content (AvgIpc) is 2.55. The fourth-order valence-electron chi connectivity index (χ4n) is 2.55. The molecule has 0 aliphatic carbocycles. The van der Waals surface area contributed by atoms with E-state index in [4.69, 9.17) is 0 Å². The third kappa shape index (κ3) is 2.62. The van der Waals surface area contributed by atoms with Gasteiger partial charge in [0.25, 0.3) is 0 Å². The van der Waals surface area contributed by atoms with Crippen molar-refractivity contribution in [2.45, 2.75) is 32.2 Å². The van der Waals surface area contributed by atoms with Crippen LogP contribution < -0.4 is 4.90 Å². The van der Waals surface area contributed by atoms with E-state index >= 15 is 0 Å². The molecule has 4 heteroatoms. The lowest BCUT2D eigenvalue weighted by Crippen LogP contribution is -2.47. The minimum atomic E-state index is -0.457. The average molecular weight is 260 g/mol. The molecule has 2 amide bonds. The molecule has 2 rings (SSSR count). The van der Waals surface area contributed by atoms with Gasteiger partial charge in [-0.25, -0.2) is 0 Å². The van der Waals surface area contributed by atoms with Crippen molar-refractivity contribution in [1.29, 1.82) is 0 Å². The smallest absolute Gasteiger partial charge is 0.244 e. The van der Waals surface area contributed by atoms with Crippen LogP contribution in [0.5, 0.6) is 0 Å². The molecular formula is C15H20N2O2. The van der Waals surface area contributed by atoms with Crippen molar-refractivity contribution in [2.75, 3.05) is 19.0 Å². The summed E-state index contributed by atoms with van der Waals surface area (Å²) >= 11 is 0. The molecule has 1 aliphatic rings. The first-order chi connectivity index (χ1) is 9.02. The van der Waals surface area contributed by atoms with Crippen LogP contribution in [-0.4, -0.2) is 36.9 Å². The van der Waals surface area contributed by atoms with Gasteiger partial charge in [-0.15, -0.1) is 0 Å². The van der Waals surface area contributed by atoms with E-state index in [2.05, 4.69) is 0 Å². The zero-order valence-corrected chi connectivity index (χ0v) is 11.7. The van der Waals surface area contributed by atoms with E-state index in [9.17, 15) is 9.59 Å². The maximum atomic E-state index is 12.3. The van der Waals surface area contributed by atoms with Crippen molar-refractivity contribution in [3.63, 3.8) is 0 Å². The van der Waals surface area contributed by atoms with Crippen LogP contribution in [0.15, 0.2) is 24.3 Å². The summed E-state index contributed by atoms with van der Waals surface area (Å²) in [7, 11) is 3.43. The topological polar surface area (TPSA) is 40.6 Å². The van der Waals surface area contributed by atoms with E-state index in [0.717, 1.165) is 24.1 Å². The van der Waals surface area contributed by atoms with Crippen LogP contribution in [-0.2, 0) is 16.0 Å².